The first-order valence-electron chi connectivity index (χ1n) is 7.26. The molecule has 108 valence electrons. The second kappa shape index (κ2) is 4.86. The highest BCUT2D eigenvalue weighted by molar-refractivity contribution is 5.82. The SMILES string of the molecule is CC(C(=O)O)(c1ccccc1)C1C(O)C2CCN1CC2. The number of aliphatic hydroxyl groups is 1. The monoisotopic (exact) mass is 275 g/mol. The average Bonchev–Trinajstić information content (AvgIpc) is 2.48. The van der Waals surface area contributed by atoms with Crippen LogP contribution in [0.25, 0.3) is 0 Å². The van der Waals surface area contributed by atoms with E-state index in [9.17, 15) is 15.0 Å². The summed E-state index contributed by atoms with van der Waals surface area (Å²) in [5.41, 5.74) is -0.302. The zero-order chi connectivity index (χ0) is 14.3. The number of fused-ring (bicyclic) bond motifs is 3. The summed E-state index contributed by atoms with van der Waals surface area (Å²) in [7, 11) is 0. The number of carbonyl (C=O) groups is 1. The number of carboxylic acid groups (broad SMARTS) is 1. The lowest BCUT2D eigenvalue weighted by atomic mass is 9.66. The molecule has 0 amide bonds. The summed E-state index contributed by atoms with van der Waals surface area (Å²) < 4.78 is 0. The molecule has 2 N–H and O–H groups in total. The van der Waals surface area contributed by atoms with Crippen molar-refractivity contribution in [1.82, 2.24) is 4.90 Å². The van der Waals surface area contributed by atoms with Crippen molar-refractivity contribution in [1.29, 1.82) is 0 Å². The number of hydrogen-bond acceptors (Lipinski definition) is 3. The Hall–Kier alpha value is -1.39. The van der Waals surface area contributed by atoms with E-state index in [0.29, 0.717) is 0 Å². The van der Waals surface area contributed by atoms with E-state index in [-0.39, 0.29) is 12.0 Å². The molecule has 1 aromatic rings. The Morgan fingerprint density at radius 3 is 2.35 bits per heavy atom. The molecule has 3 unspecified atom stereocenters. The molecule has 3 aliphatic heterocycles. The maximum Gasteiger partial charge on any atom is 0.315 e. The van der Waals surface area contributed by atoms with Gasteiger partial charge in [-0.05, 0) is 44.3 Å². The molecule has 0 aliphatic carbocycles. The van der Waals surface area contributed by atoms with Crippen molar-refractivity contribution in [3.05, 3.63) is 35.9 Å². The molecule has 3 saturated heterocycles. The van der Waals surface area contributed by atoms with Crippen molar-refractivity contribution in [2.45, 2.75) is 37.3 Å². The smallest absolute Gasteiger partial charge is 0.315 e. The number of carboxylic acids is 1. The fraction of sp³-hybridized carbons (Fsp3) is 0.562. The van der Waals surface area contributed by atoms with E-state index in [1.165, 1.54) is 0 Å². The van der Waals surface area contributed by atoms with Gasteiger partial charge in [0.2, 0.25) is 0 Å². The zero-order valence-electron chi connectivity index (χ0n) is 11.7. The highest BCUT2D eigenvalue weighted by atomic mass is 16.4. The van der Waals surface area contributed by atoms with Crippen LogP contribution in [0.5, 0.6) is 0 Å². The van der Waals surface area contributed by atoms with Crippen molar-refractivity contribution in [3.63, 3.8) is 0 Å². The van der Waals surface area contributed by atoms with Gasteiger partial charge < -0.3 is 10.2 Å². The molecule has 0 radical (unpaired) electrons. The summed E-state index contributed by atoms with van der Waals surface area (Å²) in [6.07, 6.45) is 1.39. The van der Waals surface area contributed by atoms with Gasteiger partial charge >= 0.3 is 5.97 Å². The lowest BCUT2D eigenvalue weighted by Gasteiger charge is -2.54. The summed E-state index contributed by atoms with van der Waals surface area (Å²) in [6.45, 7) is 3.53. The standard InChI is InChI=1S/C16H21NO3/c1-16(15(19)20,12-5-3-2-4-6-12)14-13(18)11-7-9-17(14)10-8-11/h2-6,11,13-14,18H,7-10H2,1H3,(H,19,20). The van der Waals surface area contributed by atoms with Crippen molar-refractivity contribution in [2.75, 3.05) is 13.1 Å². The Kier molecular flexibility index (Phi) is 3.30. The number of piperidine rings is 3. The minimum Gasteiger partial charge on any atom is -0.481 e. The van der Waals surface area contributed by atoms with Crippen LogP contribution in [0.1, 0.15) is 25.3 Å². The van der Waals surface area contributed by atoms with Gasteiger partial charge in [0.25, 0.3) is 0 Å². The van der Waals surface area contributed by atoms with E-state index in [1.54, 1.807) is 6.92 Å². The number of benzene rings is 1. The molecule has 4 nitrogen and oxygen atoms in total. The lowest BCUT2D eigenvalue weighted by Crippen LogP contribution is -2.66. The molecule has 3 atom stereocenters. The van der Waals surface area contributed by atoms with Crippen LogP contribution < -0.4 is 0 Å². The van der Waals surface area contributed by atoms with E-state index in [4.69, 9.17) is 0 Å². The number of nitrogens with zero attached hydrogens (tertiary/aromatic N) is 1. The number of aliphatic carboxylic acids is 1. The third kappa shape index (κ3) is 1.86. The summed E-state index contributed by atoms with van der Waals surface area (Å²) in [5, 5.41) is 20.4. The van der Waals surface area contributed by atoms with Gasteiger partial charge in [-0.1, -0.05) is 30.3 Å². The molecule has 3 heterocycles. The van der Waals surface area contributed by atoms with Crippen LogP contribution in [0.2, 0.25) is 0 Å². The van der Waals surface area contributed by atoms with Gasteiger partial charge in [-0.25, -0.2) is 0 Å². The van der Waals surface area contributed by atoms with Gasteiger partial charge in [0.1, 0.15) is 5.41 Å². The van der Waals surface area contributed by atoms with Gasteiger partial charge in [0, 0.05) is 0 Å². The first kappa shape index (κ1) is 13.6. The Morgan fingerprint density at radius 2 is 1.85 bits per heavy atom. The molecule has 3 aliphatic rings. The fourth-order valence-corrected chi connectivity index (χ4v) is 3.92. The summed E-state index contributed by atoms with van der Waals surface area (Å²) >= 11 is 0. The van der Waals surface area contributed by atoms with Crippen LogP contribution in [0.3, 0.4) is 0 Å². The van der Waals surface area contributed by atoms with Crippen molar-refractivity contribution >= 4 is 5.97 Å². The first-order chi connectivity index (χ1) is 9.55. The second-order valence-electron chi connectivity index (χ2n) is 6.18. The molecule has 1 aromatic carbocycles. The summed E-state index contributed by atoms with van der Waals surface area (Å²) in [6, 6.07) is 8.97. The Bertz CT molecular complexity index is 494. The van der Waals surface area contributed by atoms with E-state index < -0.39 is 17.5 Å². The van der Waals surface area contributed by atoms with E-state index >= 15 is 0 Å². The van der Waals surface area contributed by atoms with Gasteiger partial charge in [-0.2, -0.15) is 0 Å². The topological polar surface area (TPSA) is 60.8 Å². The molecule has 4 rings (SSSR count). The molecule has 0 saturated carbocycles. The lowest BCUT2D eigenvalue weighted by molar-refractivity contribution is -0.157. The molecule has 2 bridgehead atoms. The number of rotatable bonds is 3. The molecule has 0 spiro atoms. The quantitative estimate of drug-likeness (QED) is 0.877. The van der Waals surface area contributed by atoms with Crippen molar-refractivity contribution in [3.8, 4) is 0 Å². The van der Waals surface area contributed by atoms with Crippen LogP contribution >= 0.6 is 0 Å². The van der Waals surface area contributed by atoms with Gasteiger partial charge in [-0.3, -0.25) is 9.69 Å². The Balaban J connectivity index is 2.05. The molecular weight excluding hydrogens is 254 g/mol. The second-order valence-corrected chi connectivity index (χ2v) is 6.18. The normalized spacial score (nSPS) is 35.5. The van der Waals surface area contributed by atoms with Crippen molar-refractivity contribution < 1.29 is 15.0 Å². The van der Waals surface area contributed by atoms with Crippen LogP contribution in [0.15, 0.2) is 30.3 Å². The minimum atomic E-state index is -1.07. The van der Waals surface area contributed by atoms with Crippen LogP contribution in [0.4, 0.5) is 0 Å². The zero-order valence-corrected chi connectivity index (χ0v) is 11.7. The fourth-order valence-electron chi connectivity index (χ4n) is 3.92. The predicted octanol–water partition coefficient (Wildman–Crippen LogP) is 1.48. The number of aliphatic hydroxyl groups excluding tert-OH is 1. The highest BCUT2D eigenvalue weighted by Crippen LogP contribution is 2.42. The highest BCUT2D eigenvalue weighted by Gasteiger charge is 2.54. The van der Waals surface area contributed by atoms with Crippen molar-refractivity contribution in [2.24, 2.45) is 5.92 Å². The third-order valence-corrected chi connectivity index (χ3v) is 5.18. The van der Waals surface area contributed by atoms with Gasteiger partial charge in [0.05, 0.1) is 12.1 Å². The maximum absolute atomic E-state index is 12.0. The van der Waals surface area contributed by atoms with E-state index in [2.05, 4.69) is 4.90 Å². The third-order valence-electron chi connectivity index (χ3n) is 5.18. The predicted molar refractivity (Wildman–Crippen MR) is 75.5 cm³/mol. The van der Waals surface area contributed by atoms with Crippen LogP contribution in [0, 0.1) is 5.92 Å². The molecule has 3 fully saturated rings. The molecular formula is C16H21NO3. The van der Waals surface area contributed by atoms with Crippen LogP contribution in [-0.2, 0) is 10.2 Å². The first-order valence-corrected chi connectivity index (χ1v) is 7.26. The Morgan fingerprint density at radius 1 is 1.25 bits per heavy atom. The van der Waals surface area contributed by atoms with Gasteiger partial charge in [0.15, 0.2) is 0 Å². The average molecular weight is 275 g/mol. The van der Waals surface area contributed by atoms with E-state index in [0.717, 1.165) is 31.5 Å². The Labute approximate surface area is 119 Å². The minimum absolute atomic E-state index is 0.243. The van der Waals surface area contributed by atoms with Crippen LogP contribution in [-0.4, -0.2) is 46.3 Å². The van der Waals surface area contributed by atoms with E-state index in [1.807, 2.05) is 30.3 Å². The van der Waals surface area contributed by atoms with Gasteiger partial charge in [-0.15, -0.1) is 0 Å². The maximum atomic E-state index is 12.0. The largest absolute Gasteiger partial charge is 0.481 e. The number of hydrogen-bond donors (Lipinski definition) is 2. The molecule has 20 heavy (non-hydrogen) atoms. The summed E-state index contributed by atoms with van der Waals surface area (Å²) in [5.74, 6) is -0.618. The molecule has 0 aromatic heterocycles. The molecule has 4 heteroatoms. The summed E-state index contributed by atoms with van der Waals surface area (Å²) in [4.78, 5) is 14.2.